The molecular weight excluding hydrogens is 204 g/mol. The van der Waals surface area contributed by atoms with Crippen molar-refractivity contribution in [3.8, 4) is 0 Å². The average Bonchev–Trinajstić information content (AvgIpc) is 2.29. The van der Waals surface area contributed by atoms with Gasteiger partial charge in [-0.25, -0.2) is 0 Å². The minimum atomic E-state index is 0.133. The van der Waals surface area contributed by atoms with Gasteiger partial charge in [0.15, 0.2) is 0 Å². The Kier molecular flexibility index (Phi) is 5.77. The van der Waals surface area contributed by atoms with Gasteiger partial charge in [-0.1, -0.05) is 0 Å². The topological polar surface area (TPSA) is 55.6 Å². The summed E-state index contributed by atoms with van der Waals surface area (Å²) >= 11 is 0. The molecule has 2 N–H and O–H groups in total. The molecule has 94 valence electrons. The Bertz CT molecular complexity index is 215. The van der Waals surface area contributed by atoms with Crippen LogP contribution in [0.3, 0.4) is 0 Å². The summed E-state index contributed by atoms with van der Waals surface area (Å²) in [6.07, 6.45) is 4.84. The largest absolute Gasteiger partial charge is 0.378 e. The van der Waals surface area contributed by atoms with E-state index in [1.54, 1.807) is 4.90 Å². The first kappa shape index (κ1) is 13.5. The zero-order valence-corrected chi connectivity index (χ0v) is 10.4. The van der Waals surface area contributed by atoms with Crippen molar-refractivity contribution in [3.63, 3.8) is 0 Å². The molecule has 0 aromatic heterocycles. The third-order valence-corrected chi connectivity index (χ3v) is 3.32. The Morgan fingerprint density at radius 2 is 2.31 bits per heavy atom. The Hall–Kier alpha value is -0.610. The van der Waals surface area contributed by atoms with Crippen molar-refractivity contribution < 1.29 is 9.53 Å². The van der Waals surface area contributed by atoms with Crippen LogP contribution in [0.1, 0.15) is 39.0 Å². The lowest BCUT2D eigenvalue weighted by molar-refractivity contribution is -0.135. The predicted molar refractivity (Wildman–Crippen MR) is 64.1 cm³/mol. The molecule has 1 amide bonds. The lowest BCUT2D eigenvalue weighted by atomic mass is 10.1. The maximum Gasteiger partial charge on any atom is 0.225 e. The quantitative estimate of drug-likeness (QED) is 0.767. The smallest absolute Gasteiger partial charge is 0.225 e. The van der Waals surface area contributed by atoms with Crippen LogP contribution < -0.4 is 5.73 Å². The monoisotopic (exact) mass is 228 g/mol. The molecule has 2 unspecified atom stereocenters. The minimum Gasteiger partial charge on any atom is -0.378 e. The van der Waals surface area contributed by atoms with Crippen LogP contribution in [0.5, 0.6) is 0 Å². The summed E-state index contributed by atoms with van der Waals surface area (Å²) < 4.78 is 5.57. The highest BCUT2D eigenvalue weighted by atomic mass is 16.5. The van der Waals surface area contributed by atoms with E-state index in [9.17, 15) is 4.79 Å². The van der Waals surface area contributed by atoms with E-state index in [-0.39, 0.29) is 18.1 Å². The molecule has 1 heterocycles. The van der Waals surface area contributed by atoms with Gasteiger partial charge in [0.1, 0.15) is 0 Å². The zero-order chi connectivity index (χ0) is 12.0. The molecule has 0 bridgehead atoms. The fourth-order valence-electron chi connectivity index (χ4n) is 1.99. The Morgan fingerprint density at radius 3 is 2.88 bits per heavy atom. The number of ether oxygens (including phenoxy) is 1. The molecule has 0 radical (unpaired) electrons. The minimum absolute atomic E-state index is 0.133. The fourth-order valence-corrected chi connectivity index (χ4v) is 1.99. The Morgan fingerprint density at radius 1 is 1.56 bits per heavy atom. The van der Waals surface area contributed by atoms with Crippen molar-refractivity contribution in [2.24, 2.45) is 5.73 Å². The van der Waals surface area contributed by atoms with Crippen LogP contribution in [-0.2, 0) is 9.53 Å². The molecule has 0 aromatic carbocycles. The van der Waals surface area contributed by atoms with Crippen molar-refractivity contribution >= 4 is 5.91 Å². The third-order valence-electron chi connectivity index (χ3n) is 3.32. The molecule has 4 heteroatoms. The van der Waals surface area contributed by atoms with Gasteiger partial charge >= 0.3 is 0 Å². The SMILES string of the molecule is CC(CCN)N(C)C(=O)CC1CCCCO1. The molecule has 1 fully saturated rings. The zero-order valence-electron chi connectivity index (χ0n) is 10.4. The van der Waals surface area contributed by atoms with Gasteiger partial charge in [-0.15, -0.1) is 0 Å². The molecule has 4 nitrogen and oxygen atoms in total. The second kappa shape index (κ2) is 6.86. The fraction of sp³-hybridized carbons (Fsp3) is 0.917. The summed E-state index contributed by atoms with van der Waals surface area (Å²) in [7, 11) is 1.85. The van der Waals surface area contributed by atoms with Crippen molar-refractivity contribution in [1.29, 1.82) is 0 Å². The molecule has 1 aliphatic heterocycles. The number of hydrogen-bond acceptors (Lipinski definition) is 3. The van der Waals surface area contributed by atoms with Gasteiger partial charge in [-0.05, 0) is 39.2 Å². The molecule has 0 spiro atoms. The maximum atomic E-state index is 11.9. The second-order valence-electron chi connectivity index (χ2n) is 4.62. The first-order valence-corrected chi connectivity index (χ1v) is 6.22. The maximum absolute atomic E-state index is 11.9. The summed E-state index contributed by atoms with van der Waals surface area (Å²) in [4.78, 5) is 13.7. The number of amides is 1. The standard InChI is InChI=1S/C12H24N2O2/c1-10(6-7-13)14(2)12(15)9-11-5-3-4-8-16-11/h10-11H,3-9,13H2,1-2H3. The van der Waals surface area contributed by atoms with Crippen LogP contribution in [0.25, 0.3) is 0 Å². The first-order valence-electron chi connectivity index (χ1n) is 6.22. The number of nitrogens with two attached hydrogens (primary N) is 1. The van der Waals surface area contributed by atoms with Crippen LogP contribution in [0.4, 0.5) is 0 Å². The van der Waals surface area contributed by atoms with Crippen molar-refractivity contribution in [3.05, 3.63) is 0 Å². The lowest BCUT2D eigenvalue weighted by Gasteiger charge is -2.28. The molecule has 16 heavy (non-hydrogen) atoms. The van der Waals surface area contributed by atoms with Crippen molar-refractivity contribution in [2.75, 3.05) is 20.2 Å². The van der Waals surface area contributed by atoms with Crippen LogP contribution in [0, 0.1) is 0 Å². The highest BCUT2D eigenvalue weighted by Gasteiger charge is 2.21. The number of hydrogen-bond donors (Lipinski definition) is 1. The first-order chi connectivity index (χ1) is 7.65. The second-order valence-corrected chi connectivity index (χ2v) is 4.62. The summed E-state index contributed by atoms with van der Waals surface area (Å²) in [5, 5.41) is 0. The number of carbonyl (C=O) groups excluding carboxylic acids is 1. The van der Waals surface area contributed by atoms with Crippen molar-refractivity contribution in [2.45, 2.75) is 51.2 Å². The average molecular weight is 228 g/mol. The molecular formula is C12H24N2O2. The van der Waals surface area contributed by atoms with Gasteiger partial charge in [0.2, 0.25) is 5.91 Å². The van der Waals surface area contributed by atoms with E-state index in [0.717, 1.165) is 25.9 Å². The number of nitrogens with zero attached hydrogens (tertiary/aromatic N) is 1. The van der Waals surface area contributed by atoms with Crippen LogP contribution in [0.15, 0.2) is 0 Å². The highest BCUT2D eigenvalue weighted by Crippen LogP contribution is 2.17. The summed E-state index contributed by atoms with van der Waals surface area (Å²) in [6, 6.07) is 0.223. The molecule has 0 aromatic rings. The summed E-state index contributed by atoms with van der Waals surface area (Å²) in [6.45, 7) is 3.46. The van der Waals surface area contributed by atoms with Crippen LogP contribution in [-0.4, -0.2) is 43.2 Å². The van der Waals surface area contributed by atoms with Gasteiger partial charge in [0.05, 0.1) is 12.5 Å². The van der Waals surface area contributed by atoms with Gasteiger partial charge in [-0.3, -0.25) is 4.79 Å². The van der Waals surface area contributed by atoms with Crippen LogP contribution >= 0.6 is 0 Å². The van der Waals surface area contributed by atoms with Crippen LogP contribution in [0.2, 0.25) is 0 Å². The summed E-state index contributed by atoms with van der Waals surface area (Å²) in [5.41, 5.74) is 5.49. The van der Waals surface area contributed by atoms with E-state index in [1.807, 2.05) is 14.0 Å². The molecule has 0 saturated carbocycles. The van der Waals surface area contributed by atoms with E-state index in [0.29, 0.717) is 13.0 Å². The predicted octanol–water partition coefficient (Wildman–Crippen LogP) is 1.14. The van der Waals surface area contributed by atoms with Crippen molar-refractivity contribution in [1.82, 2.24) is 4.90 Å². The molecule has 1 aliphatic rings. The highest BCUT2D eigenvalue weighted by molar-refractivity contribution is 5.76. The van der Waals surface area contributed by atoms with Gasteiger partial charge in [0.25, 0.3) is 0 Å². The normalized spacial score (nSPS) is 22.8. The number of rotatable bonds is 5. The van der Waals surface area contributed by atoms with E-state index in [2.05, 4.69) is 0 Å². The van der Waals surface area contributed by atoms with Gasteiger partial charge in [0, 0.05) is 19.7 Å². The molecule has 2 atom stereocenters. The third kappa shape index (κ3) is 4.10. The Balaban J connectivity index is 2.32. The van der Waals surface area contributed by atoms with Gasteiger partial charge in [-0.2, -0.15) is 0 Å². The van der Waals surface area contributed by atoms with E-state index in [4.69, 9.17) is 10.5 Å². The van der Waals surface area contributed by atoms with E-state index in [1.165, 1.54) is 6.42 Å². The molecule has 1 rings (SSSR count). The Labute approximate surface area is 98.1 Å². The van der Waals surface area contributed by atoms with E-state index < -0.39 is 0 Å². The summed E-state index contributed by atoms with van der Waals surface area (Å²) in [5.74, 6) is 0.174. The van der Waals surface area contributed by atoms with E-state index >= 15 is 0 Å². The van der Waals surface area contributed by atoms with Gasteiger partial charge < -0.3 is 15.4 Å². The number of carbonyl (C=O) groups is 1. The lowest BCUT2D eigenvalue weighted by Crippen LogP contribution is -2.38. The molecule has 0 aliphatic carbocycles. The molecule has 1 saturated heterocycles.